The number of aromatic nitrogens is 2. The Hall–Kier alpha value is -1.60. The molecule has 1 aromatic heterocycles. The molecule has 1 aliphatic heterocycles. The molecular weight excluding hydrogens is 342 g/mol. The Morgan fingerprint density at radius 2 is 2.29 bits per heavy atom. The number of rotatable bonds is 6. The molecule has 0 fully saturated rings. The summed E-state index contributed by atoms with van der Waals surface area (Å²) >= 11 is 3.31. The van der Waals surface area contributed by atoms with E-state index in [-0.39, 0.29) is 11.8 Å². The van der Waals surface area contributed by atoms with Crippen LogP contribution in [0.15, 0.2) is 28.6 Å². The number of thioether (sulfide) groups is 1. The maximum atomic E-state index is 12.4. The fourth-order valence-electron chi connectivity index (χ4n) is 2.64. The number of ether oxygens (including phenoxy) is 1. The molecule has 0 unspecified atom stereocenters. The highest BCUT2D eigenvalue weighted by Gasteiger charge is 2.23. The summed E-state index contributed by atoms with van der Waals surface area (Å²) in [5.74, 6) is 1.97. The maximum Gasteiger partial charge on any atom is 0.223 e. The first-order chi connectivity index (χ1) is 11.7. The molecule has 128 valence electrons. The third-order valence-electron chi connectivity index (χ3n) is 3.89. The summed E-state index contributed by atoms with van der Waals surface area (Å²) in [6.07, 6.45) is 2.44. The first-order valence-electron chi connectivity index (χ1n) is 8.13. The van der Waals surface area contributed by atoms with Gasteiger partial charge in [-0.05, 0) is 37.8 Å². The third-order valence-corrected chi connectivity index (χ3v) is 5.95. The quantitative estimate of drug-likeness (QED) is 0.631. The van der Waals surface area contributed by atoms with Gasteiger partial charge in [-0.25, -0.2) is 0 Å². The van der Waals surface area contributed by atoms with Crippen molar-refractivity contribution in [1.29, 1.82) is 0 Å². The molecule has 5 nitrogen and oxygen atoms in total. The Kier molecular flexibility index (Phi) is 6.09. The van der Waals surface area contributed by atoms with Crippen molar-refractivity contribution >= 4 is 29.0 Å². The molecule has 1 atom stereocenters. The number of benzene rings is 1. The molecule has 0 aliphatic carbocycles. The molecule has 0 spiro atoms. The Balaban J connectivity index is 1.40. The number of amides is 1. The minimum Gasteiger partial charge on any atom is -0.493 e. The van der Waals surface area contributed by atoms with Gasteiger partial charge in [-0.15, -0.1) is 10.2 Å². The van der Waals surface area contributed by atoms with Crippen molar-refractivity contribution in [3.05, 3.63) is 34.8 Å². The standard InChI is InChI=1S/C17H21N3O2S2/c1-12-19-20-17(24-12)23-10-4-8-18-16(21)14-7-9-22-15-6-3-2-5-13(15)11-14/h2-3,5-6,14H,4,7-11H2,1H3,(H,18,21)/t14-/m1/s1. The molecule has 2 heterocycles. The van der Waals surface area contributed by atoms with Gasteiger partial charge in [0.15, 0.2) is 4.34 Å². The monoisotopic (exact) mass is 363 g/mol. The number of para-hydroxylation sites is 1. The second-order valence-corrected chi connectivity index (χ2v) is 8.25. The van der Waals surface area contributed by atoms with Gasteiger partial charge in [0.25, 0.3) is 0 Å². The largest absolute Gasteiger partial charge is 0.493 e. The summed E-state index contributed by atoms with van der Waals surface area (Å²) < 4.78 is 6.72. The Labute approximate surface area is 150 Å². The fourth-order valence-corrected chi connectivity index (χ4v) is 4.47. The van der Waals surface area contributed by atoms with Crippen molar-refractivity contribution in [1.82, 2.24) is 15.5 Å². The highest BCUT2D eigenvalue weighted by atomic mass is 32.2. The molecular formula is C17H21N3O2S2. The predicted octanol–water partition coefficient (Wildman–Crippen LogP) is 3.09. The van der Waals surface area contributed by atoms with Crippen molar-refractivity contribution in [3.63, 3.8) is 0 Å². The zero-order valence-corrected chi connectivity index (χ0v) is 15.3. The van der Waals surface area contributed by atoms with Gasteiger partial charge in [0.05, 0.1) is 6.61 Å². The molecule has 24 heavy (non-hydrogen) atoms. The van der Waals surface area contributed by atoms with Crippen LogP contribution in [0, 0.1) is 12.8 Å². The molecule has 2 aromatic rings. The average Bonchev–Trinajstić information content (AvgIpc) is 2.88. The number of carbonyl (C=O) groups is 1. The van der Waals surface area contributed by atoms with Crippen molar-refractivity contribution in [2.45, 2.75) is 30.5 Å². The smallest absolute Gasteiger partial charge is 0.223 e. The molecule has 0 saturated carbocycles. The highest BCUT2D eigenvalue weighted by Crippen LogP contribution is 2.26. The van der Waals surface area contributed by atoms with E-state index in [1.165, 1.54) is 0 Å². The molecule has 1 aliphatic rings. The van der Waals surface area contributed by atoms with Crippen LogP contribution in [0.2, 0.25) is 0 Å². The van der Waals surface area contributed by atoms with E-state index in [2.05, 4.69) is 15.5 Å². The zero-order valence-electron chi connectivity index (χ0n) is 13.7. The van der Waals surface area contributed by atoms with Crippen molar-refractivity contribution in [2.75, 3.05) is 18.9 Å². The van der Waals surface area contributed by atoms with E-state index in [4.69, 9.17) is 4.74 Å². The maximum absolute atomic E-state index is 12.4. The summed E-state index contributed by atoms with van der Waals surface area (Å²) in [7, 11) is 0. The summed E-state index contributed by atoms with van der Waals surface area (Å²) in [4.78, 5) is 12.4. The molecule has 1 amide bonds. The van der Waals surface area contributed by atoms with Gasteiger partial charge in [0.2, 0.25) is 5.91 Å². The van der Waals surface area contributed by atoms with Crippen molar-refractivity contribution < 1.29 is 9.53 Å². The first kappa shape index (κ1) is 17.2. The normalized spacial score (nSPS) is 16.8. The van der Waals surface area contributed by atoms with E-state index in [1.54, 1.807) is 23.1 Å². The lowest BCUT2D eigenvalue weighted by Gasteiger charge is -2.13. The third kappa shape index (κ3) is 4.70. The van der Waals surface area contributed by atoms with Crippen LogP contribution >= 0.6 is 23.1 Å². The van der Waals surface area contributed by atoms with Gasteiger partial charge in [-0.1, -0.05) is 41.3 Å². The van der Waals surface area contributed by atoms with Crippen LogP contribution < -0.4 is 10.1 Å². The van der Waals surface area contributed by atoms with Crippen molar-refractivity contribution in [2.24, 2.45) is 5.92 Å². The first-order valence-corrected chi connectivity index (χ1v) is 9.94. The molecule has 0 bridgehead atoms. The fraction of sp³-hybridized carbons (Fsp3) is 0.471. The number of hydrogen-bond acceptors (Lipinski definition) is 6. The lowest BCUT2D eigenvalue weighted by molar-refractivity contribution is -0.125. The number of nitrogens with zero attached hydrogens (tertiary/aromatic N) is 2. The number of carbonyl (C=O) groups excluding carboxylic acids is 1. The minimum absolute atomic E-state index is 0.00730. The van der Waals surface area contributed by atoms with E-state index in [1.807, 2.05) is 31.2 Å². The lowest BCUT2D eigenvalue weighted by Crippen LogP contribution is -2.33. The summed E-state index contributed by atoms with van der Waals surface area (Å²) in [5, 5.41) is 12.1. The number of hydrogen-bond donors (Lipinski definition) is 1. The van der Waals surface area contributed by atoms with Crippen LogP contribution in [0.3, 0.4) is 0 Å². The van der Waals surface area contributed by atoms with Crippen LogP contribution in [-0.2, 0) is 11.2 Å². The van der Waals surface area contributed by atoms with Crippen LogP contribution in [0.4, 0.5) is 0 Å². The lowest BCUT2D eigenvalue weighted by atomic mass is 9.96. The van der Waals surface area contributed by atoms with Crippen molar-refractivity contribution in [3.8, 4) is 5.75 Å². The second-order valence-electron chi connectivity index (χ2n) is 5.73. The Bertz CT molecular complexity index is 690. The van der Waals surface area contributed by atoms with Crippen LogP contribution in [0.25, 0.3) is 0 Å². The molecule has 0 saturated heterocycles. The van der Waals surface area contributed by atoms with E-state index in [0.29, 0.717) is 13.2 Å². The van der Waals surface area contributed by atoms with E-state index < -0.39 is 0 Å². The summed E-state index contributed by atoms with van der Waals surface area (Å²) in [6.45, 7) is 3.25. The second kappa shape index (κ2) is 8.48. The van der Waals surface area contributed by atoms with Gasteiger partial charge >= 0.3 is 0 Å². The number of aryl methyl sites for hydroxylation is 1. The average molecular weight is 364 g/mol. The van der Waals surface area contributed by atoms with Gasteiger partial charge in [0, 0.05) is 18.2 Å². The van der Waals surface area contributed by atoms with Gasteiger partial charge < -0.3 is 10.1 Å². The number of fused-ring (bicyclic) bond motifs is 1. The molecule has 3 rings (SSSR count). The van der Waals surface area contributed by atoms with Gasteiger partial charge in [-0.3, -0.25) is 4.79 Å². The Morgan fingerprint density at radius 3 is 3.12 bits per heavy atom. The van der Waals surface area contributed by atoms with E-state index in [9.17, 15) is 4.79 Å². The number of nitrogens with one attached hydrogen (secondary N) is 1. The van der Waals surface area contributed by atoms with Gasteiger partial charge in [0.1, 0.15) is 10.8 Å². The topological polar surface area (TPSA) is 64.1 Å². The van der Waals surface area contributed by atoms with Gasteiger partial charge in [-0.2, -0.15) is 0 Å². The van der Waals surface area contributed by atoms with Crippen LogP contribution in [-0.4, -0.2) is 35.0 Å². The predicted molar refractivity (Wildman–Crippen MR) is 96.7 cm³/mol. The zero-order chi connectivity index (χ0) is 16.8. The molecule has 1 N–H and O–H groups in total. The van der Waals surface area contributed by atoms with Crippen LogP contribution in [0.5, 0.6) is 5.75 Å². The molecule has 7 heteroatoms. The summed E-state index contributed by atoms with van der Waals surface area (Å²) in [6, 6.07) is 7.98. The van der Waals surface area contributed by atoms with Crippen LogP contribution in [0.1, 0.15) is 23.4 Å². The van der Waals surface area contributed by atoms with E-state index in [0.717, 1.165) is 45.7 Å². The summed E-state index contributed by atoms with van der Waals surface area (Å²) in [5.41, 5.74) is 1.12. The minimum atomic E-state index is -0.00730. The van der Waals surface area contributed by atoms with E-state index >= 15 is 0 Å². The SMILES string of the molecule is Cc1nnc(SCCCNC(=O)[C@@H]2CCOc3ccccc3C2)s1. The molecule has 1 aromatic carbocycles. The molecule has 0 radical (unpaired) electrons. The Morgan fingerprint density at radius 1 is 1.42 bits per heavy atom. The highest BCUT2D eigenvalue weighted by molar-refractivity contribution is 8.01.